The summed E-state index contributed by atoms with van der Waals surface area (Å²) in [7, 11) is 1.59. The van der Waals surface area contributed by atoms with Crippen molar-refractivity contribution in [3.8, 4) is 11.5 Å². The number of carbonyl (C=O) groups is 2. The number of carbonyl (C=O) groups excluding carboxylic acids is 2. The Hall–Kier alpha value is -4.06. The molecule has 196 valence electrons. The highest BCUT2D eigenvalue weighted by Crippen LogP contribution is 2.41. The van der Waals surface area contributed by atoms with Crippen LogP contribution in [0.3, 0.4) is 0 Å². The third kappa shape index (κ3) is 5.03. The SMILES string of the molecule is COc1cccc(CN2C(=O)C(=O)/C(=C(\O)c3ccc4c(c3)CCCC4)C2c2cccc(OC(C)C)c2)c1. The number of ketones is 1. The number of nitrogens with zero attached hydrogens (tertiary/aromatic N) is 1. The first kappa shape index (κ1) is 25.6. The van der Waals surface area contributed by atoms with Gasteiger partial charge in [-0.15, -0.1) is 0 Å². The maximum absolute atomic E-state index is 13.5. The van der Waals surface area contributed by atoms with Crippen molar-refractivity contribution in [2.24, 2.45) is 0 Å². The van der Waals surface area contributed by atoms with E-state index < -0.39 is 17.7 Å². The number of methoxy groups -OCH3 is 1. The zero-order valence-corrected chi connectivity index (χ0v) is 22.1. The Morgan fingerprint density at radius 3 is 2.45 bits per heavy atom. The van der Waals surface area contributed by atoms with Gasteiger partial charge in [-0.3, -0.25) is 9.59 Å². The van der Waals surface area contributed by atoms with Gasteiger partial charge in [-0.25, -0.2) is 0 Å². The van der Waals surface area contributed by atoms with Crippen molar-refractivity contribution in [3.63, 3.8) is 0 Å². The number of aryl methyl sites for hydroxylation is 2. The van der Waals surface area contributed by atoms with E-state index in [4.69, 9.17) is 9.47 Å². The molecule has 1 unspecified atom stereocenters. The highest BCUT2D eigenvalue weighted by molar-refractivity contribution is 6.46. The normalized spacial score (nSPS) is 18.5. The van der Waals surface area contributed by atoms with Gasteiger partial charge in [0.2, 0.25) is 0 Å². The van der Waals surface area contributed by atoms with E-state index >= 15 is 0 Å². The molecule has 0 spiro atoms. The van der Waals surface area contributed by atoms with Gasteiger partial charge in [-0.2, -0.15) is 0 Å². The van der Waals surface area contributed by atoms with E-state index in [1.165, 1.54) is 16.0 Å². The number of aliphatic hydroxyl groups excluding tert-OH is 1. The minimum atomic E-state index is -0.770. The molecule has 0 radical (unpaired) electrons. The molecule has 0 bridgehead atoms. The Balaban J connectivity index is 1.63. The van der Waals surface area contributed by atoms with Crippen molar-refractivity contribution in [1.82, 2.24) is 4.90 Å². The molecule has 3 aromatic carbocycles. The molecule has 1 atom stereocenters. The molecule has 1 N–H and O–H groups in total. The van der Waals surface area contributed by atoms with Crippen LogP contribution in [0.1, 0.15) is 60.5 Å². The molecule has 0 aromatic heterocycles. The summed E-state index contributed by atoms with van der Waals surface area (Å²) in [4.78, 5) is 28.5. The molecule has 3 aromatic rings. The highest BCUT2D eigenvalue weighted by atomic mass is 16.5. The molecule has 0 saturated carbocycles. The summed E-state index contributed by atoms with van der Waals surface area (Å²) < 4.78 is 11.3. The van der Waals surface area contributed by atoms with E-state index in [0.717, 1.165) is 31.2 Å². The van der Waals surface area contributed by atoms with Gasteiger partial charge in [0.25, 0.3) is 11.7 Å². The molecule has 6 nitrogen and oxygen atoms in total. The number of hydrogen-bond acceptors (Lipinski definition) is 5. The maximum Gasteiger partial charge on any atom is 0.295 e. The first-order valence-electron chi connectivity index (χ1n) is 13.2. The van der Waals surface area contributed by atoms with Crippen molar-refractivity contribution in [1.29, 1.82) is 0 Å². The molecule has 1 heterocycles. The summed E-state index contributed by atoms with van der Waals surface area (Å²) in [6.45, 7) is 4.07. The van der Waals surface area contributed by atoms with E-state index in [1.807, 2.05) is 80.6 Å². The number of amides is 1. The smallest absolute Gasteiger partial charge is 0.295 e. The third-order valence-corrected chi connectivity index (χ3v) is 7.19. The fraction of sp³-hybridized carbons (Fsp3) is 0.312. The first-order chi connectivity index (χ1) is 18.4. The summed E-state index contributed by atoms with van der Waals surface area (Å²) >= 11 is 0. The minimum absolute atomic E-state index is 0.0381. The fourth-order valence-corrected chi connectivity index (χ4v) is 5.42. The average Bonchev–Trinajstić information content (AvgIpc) is 3.17. The number of aliphatic hydroxyl groups is 1. The molecule has 1 amide bonds. The van der Waals surface area contributed by atoms with Crippen LogP contribution >= 0.6 is 0 Å². The van der Waals surface area contributed by atoms with Crippen molar-refractivity contribution < 1.29 is 24.2 Å². The zero-order valence-electron chi connectivity index (χ0n) is 22.1. The van der Waals surface area contributed by atoms with Crippen LogP contribution in [-0.4, -0.2) is 34.9 Å². The summed E-state index contributed by atoms with van der Waals surface area (Å²) in [5.41, 5.74) is 4.64. The number of hydrogen-bond donors (Lipinski definition) is 1. The maximum atomic E-state index is 13.5. The molecule has 38 heavy (non-hydrogen) atoms. The second-order valence-electron chi connectivity index (χ2n) is 10.2. The highest BCUT2D eigenvalue weighted by Gasteiger charge is 2.46. The molecular weight excluding hydrogens is 478 g/mol. The van der Waals surface area contributed by atoms with Crippen LogP contribution in [0.25, 0.3) is 5.76 Å². The Morgan fingerprint density at radius 2 is 1.68 bits per heavy atom. The molecule has 2 aliphatic rings. The molecule has 1 saturated heterocycles. The molecule has 6 heteroatoms. The quantitative estimate of drug-likeness (QED) is 0.240. The predicted molar refractivity (Wildman–Crippen MR) is 146 cm³/mol. The van der Waals surface area contributed by atoms with Crippen LogP contribution in [0.5, 0.6) is 11.5 Å². The summed E-state index contributed by atoms with van der Waals surface area (Å²) in [5.74, 6) is -0.184. The third-order valence-electron chi connectivity index (χ3n) is 7.19. The Bertz CT molecular complexity index is 1410. The lowest BCUT2D eigenvalue weighted by molar-refractivity contribution is -0.140. The number of Topliss-reactive ketones (excluding diaryl/α,β-unsaturated/α-hetero) is 1. The lowest BCUT2D eigenvalue weighted by atomic mass is 9.88. The van der Waals surface area contributed by atoms with E-state index in [0.29, 0.717) is 22.6 Å². The summed E-state index contributed by atoms with van der Waals surface area (Å²) in [6, 6.07) is 19.9. The van der Waals surface area contributed by atoms with Crippen molar-refractivity contribution >= 4 is 17.4 Å². The van der Waals surface area contributed by atoms with Gasteiger partial charge in [0.1, 0.15) is 17.3 Å². The van der Waals surface area contributed by atoms with Crippen molar-refractivity contribution in [3.05, 3.63) is 100 Å². The molecule has 1 fully saturated rings. The van der Waals surface area contributed by atoms with E-state index in [2.05, 4.69) is 0 Å². The fourth-order valence-electron chi connectivity index (χ4n) is 5.42. The van der Waals surface area contributed by atoms with Gasteiger partial charge in [0.05, 0.1) is 24.8 Å². The van der Waals surface area contributed by atoms with Crippen LogP contribution in [0.15, 0.2) is 72.3 Å². The van der Waals surface area contributed by atoms with Crippen molar-refractivity contribution in [2.45, 2.75) is 58.2 Å². The Morgan fingerprint density at radius 1 is 0.947 bits per heavy atom. The summed E-state index contributed by atoms with van der Waals surface area (Å²) in [6.07, 6.45) is 4.18. The van der Waals surface area contributed by atoms with Gasteiger partial charge in [0.15, 0.2) is 0 Å². The zero-order chi connectivity index (χ0) is 26.8. The standard InChI is InChI=1S/C32H33NO5/c1-20(2)38-27-13-7-11-24(18-27)29-28(30(34)25-15-14-22-9-4-5-10-23(22)17-25)31(35)32(36)33(29)19-21-8-6-12-26(16-21)37-3/h6-8,11-18,20,29,34H,4-5,9-10,19H2,1-3H3/b30-28-. The van der Waals surface area contributed by atoms with Crippen LogP contribution in [-0.2, 0) is 29.0 Å². The van der Waals surface area contributed by atoms with Gasteiger partial charge < -0.3 is 19.5 Å². The van der Waals surface area contributed by atoms with E-state index in [9.17, 15) is 14.7 Å². The first-order valence-corrected chi connectivity index (χ1v) is 13.2. The second-order valence-corrected chi connectivity index (χ2v) is 10.2. The topological polar surface area (TPSA) is 76.1 Å². The van der Waals surface area contributed by atoms with Crippen LogP contribution in [0, 0.1) is 0 Å². The molecule has 5 rings (SSSR count). The number of rotatable bonds is 7. The number of benzene rings is 3. The number of ether oxygens (including phenoxy) is 2. The van der Waals surface area contributed by atoms with Crippen LogP contribution in [0.2, 0.25) is 0 Å². The van der Waals surface area contributed by atoms with E-state index in [-0.39, 0.29) is 24.0 Å². The lowest BCUT2D eigenvalue weighted by Crippen LogP contribution is -2.29. The van der Waals surface area contributed by atoms with E-state index in [1.54, 1.807) is 7.11 Å². The molecule has 1 aliphatic heterocycles. The van der Waals surface area contributed by atoms with Gasteiger partial charge >= 0.3 is 0 Å². The largest absolute Gasteiger partial charge is 0.507 e. The van der Waals surface area contributed by atoms with Crippen LogP contribution in [0.4, 0.5) is 0 Å². The summed E-state index contributed by atoms with van der Waals surface area (Å²) in [5, 5.41) is 11.6. The van der Waals surface area contributed by atoms with Crippen LogP contribution < -0.4 is 9.47 Å². The monoisotopic (exact) mass is 511 g/mol. The number of fused-ring (bicyclic) bond motifs is 1. The van der Waals surface area contributed by atoms with Gasteiger partial charge in [-0.05, 0) is 92.1 Å². The van der Waals surface area contributed by atoms with Gasteiger partial charge in [0, 0.05) is 12.1 Å². The second kappa shape index (κ2) is 10.7. The Labute approximate surface area is 223 Å². The number of likely N-dealkylation sites (tertiary alicyclic amines) is 1. The molecule has 1 aliphatic carbocycles. The Kier molecular flexibility index (Phi) is 7.23. The lowest BCUT2D eigenvalue weighted by Gasteiger charge is -2.26. The molecular formula is C32H33NO5. The van der Waals surface area contributed by atoms with Gasteiger partial charge in [-0.1, -0.05) is 36.4 Å². The minimum Gasteiger partial charge on any atom is -0.507 e. The average molecular weight is 512 g/mol. The van der Waals surface area contributed by atoms with Crippen molar-refractivity contribution in [2.75, 3.05) is 7.11 Å². The predicted octanol–water partition coefficient (Wildman–Crippen LogP) is 5.98.